The number of unbranched alkanes of at least 4 members (excludes halogenated alkanes) is 5. The van der Waals surface area contributed by atoms with E-state index in [0.717, 1.165) is 18.6 Å². The zero-order valence-corrected chi connectivity index (χ0v) is 10.4. The second-order valence-electron chi connectivity index (χ2n) is 3.22. The van der Waals surface area contributed by atoms with Gasteiger partial charge in [0.15, 0.2) is 0 Å². The summed E-state index contributed by atoms with van der Waals surface area (Å²) in [7, 11) is 0. The van der Waals surface area contributed by atoms with Crippen molar-refractivity contribution in [3.63, 3.8) is 0 Å². The minimum atomic E-state index is -0.219. The maximum absolute atomic E-state index is 10.7. The summed E-state index contributed by atoms with van der Waals surface area (Å²) in [6.45, 7) is 0.548. The van der Waals surface area contributed by atoms with Crippen LogP contribution in [0.2, 0.25) is 0 Å². The van der Waals surface area contributed by atoms with Crippen LogP contribution in [0.4, 0.5) is 0 Å². The van der Waals surface area contributed by atoms with Crippen LogP contribution in [0, 0.1) is 0 Å². The molecule has 0 aromatic heterocycles. The van der Waals surface area contributed by atoms with Crippen molar-refractivity contribution in [2.45, 2.75) is 38.5 Å². The number of ether oxygens (including phenoxy) is 1. The molecule has 0 heterocycles. The Kier molecular flexibility index (Phi) is 11.4. The van der Waals surface area contributed by atoms with Crippen molar-refractivity contribution in [2.24, 2.45) is 0 Å². The van der Waals surface area contributed by atoms with Gasteiger partial charge in [-0.1, -0.05) is 25.7 Å². The van der Waals surface area contributed by atoms with Gasteiger partial charge in [0.1, 0.15) is 0 Å². The van der Waals surface area contributed by atoms with Crippen LogP contribution in [-0.4, -0.2) is 24.1 Å². The normalized spacial score (nSPS) is 10.1. The molecule has 0 bridgehead atoms. The van der Waals surface area contributed by atoms with Gasteiger partial charge in [-0.25, -0.2) is 0 Å². The number of esters is 1. The second-order valence-corrected chi connectivity index (χ2v) is 3.99. The molecule has 0 unspecified atom stereocenters. The van der Waals surface area contributed by atoms with Gasteiger partial charge in [-0.2, -0.15) is 25.3 Å². The summed E-state index contributed by atoms with van der Waals surface area (Å²) in [5.74, 6) is 0.949. The Hall–Kier alpha value is 0.170. The average molecular weight is 236 g/mol. The highest BCUT2D eigenvalue weighted by Crippen LogP contribution is 2.05. The summed E-state index contributed by atoms with van der Waals surface area (Å²) in [6.07, 6.45) is 7.08. The first-order valence-corrected chi connectivity index (χ1v) is 6.45. The lowest BCUT2D eigenvalue weighted by Crippen LogP contribution is -2.06. The molecule has 0 aromatic rings. The van der Waals surface area contributed by atoms with Crippen molar-refractivity contribution in [1.82, 2.24) is 0 Å². The van der Waals surface area contributed by atoms with Gasteiger partial charge < -0.3 is 4.74 Å². The molecule has 0 amide bonds. The van der Waals surface area contributed by atoms with Crippen molar-refractivity contribution in [3.8, 4) is 0 Å². The minimum Gasteiger partial charge on any atom is -0.465 e. The van der Waals surface area contributed by atoms with Crippen LogP contribution in [-0.2, 0) is 9.53 Å². The van der Waals surface area contributed by atoms with Gasteiger partial charge in [0.05, 0.1) is 12.4 Å². The fraction of sp³-hybridized carbons (Fsp3) is 0.900. The molecule has 0 radical (unpaired) electrons. The monoisotopic (exact) mass is 236 g/mol. The number of rotatable bonds is 9. The smallest absolute Gasteiger partial charge is 0.315 e. The third kappa shape index (κ3) is 10.3. The molecule has 0 atom stereocenters. The molecule has 0 spiro atoms. The molecule has 4 heteroatoms. The molecule has 0 rings (SSSR count). The van der Waals surface area contributed by atoms with Crippen molar-refractivity contribution >= 4 is 31.2 Å². The zero-order chi connectivity index (χ0) is 10.6. The van der Waals surface area contributed by atoms with E-state index in [2.05, 4.69) is 25.3 Å². The largest absolute Gasteiger partial charge is 0.465 e. The van der Waals surface area contributed by atoms with Crippen molar-refractivity contribution in [1.29, 1.82) is 0 Å². The van der Waals surface area contributed by atoms with Crippen LogP contribution >= 0.6 is 25.3 Å². The number of carbonyl (C=O) groups excluding carboxylic acids is 1. The Morgan fingerprint density at radius 1 is 0.929 bits per heavy atom. The quantitative estimate of drug-likeness (QED) is 0.366. The van der Waals surface area contributed by atoms with E-state index in [-0.39, 0.29) is 11.7 Å². The van der Waals surface area contributed by atoms with Gasteiger partial charge in [-0.3, -0.25) is 4.79 Å². The molecule has 0 N–H and O–H groups in total. The summed E-state index contributed by atoms with van der Waals surface area (Å²) >= 11 is 7.96. The second kappa shape index (κ2) is 11.2. The SMILES string of the molecule is O=C(CS)OCCCCCCCCS. The summed E-state index contributed by atoms with van der Waals surface area (Å²) in [5.41, 5.74) is 0. The molecule has 0 aromatic carbocycles. The topological polar surface area (TPSA) is 26.3 Å². The van der Waals surface area contributed by atoms with Gasteiger partial charge in [0.2, 0.25) is 0 Å². The Morgan fingerprint density at radius 3 is 2.07 bits per heavy atom. The summed E-state index contributed by atoms with van der Waals surface area (Å²) in [4.78, 5) is 10.7. The summed E-state index contributed by atoms with van der Waals surface area (Å²) in [6, 6.07) is 0. The van der Waals surface area contributed by atoms with Crippen LogP contribution in [0.5, 0.6) is 0 Å². The Bertz CT molecular complexity index is 140. The number of thiol groups is 2. The van der Waals surface area contributed by atoms with Crippen molar-refractivity contribution < 1.29 is 9.53 Å². The molecule has 0 aliphatic heterocycles. The fourth-order valence-corrected chi connectivity index (χ4v) is 1.47. The molecular formula is C10H20O2S2. The predicted octanol–water partition coefficient (Wildman–Crippen LogP) is 2.73. The van der Waals surface area contributed by atoms with Crippen LogP contribution in [0.3, 0.4) is 0 Å². The van der Waals surface area contributed by atoms with Gasteiger partial charge in [-0.05, 0) is 18.6 Å². The first-order valence-electron chi connectivity index (χ1n) is 5.18. The van der Waals surface area contributed by atoms with E-state index in [1.165, 1.54) is 25.7 Å². The summed E-state index contributed by atoms with van der Waals surface area (Å²) < 4.78 is 4.89. The van der Waals surface area contributed by atoms with Gasteiger partial charge in [0, 0.05) is 0 Å². The highest BCUT2D eigenvalue weighted by molar-refractivity contribution is 7.81. The summed E-state index contributed by atoms with van der Waals surface area (Å²) in [5, 5.41) is 0. The minimum absolute atomic E-state index is 0.182. The number of hydrogen-bond acceptors (Lipinski definition) is 4. The lowest BCUT2D eigenvalue weighted by atomic mass is 10.1. The van der Waals surface area contributed by atoms with Gasteiger partial charge in [0.25, 0.3) is 0 Å². The Morgan fingerprint density at radius 2 is 1.50 bits per heavy atom. The molecule has 0 aliphatic carbocycles. The third-order valence-electron chi connectivity index (χ3n) is 1.94. The Labute approximate surface area is 97.6 Å². The molecule has 14 heavy (non-hydrogen) atoms. The number of hydrogen-bond donors (Lipinski definition) is 2. The molecule has 0 saturated heterocycles. The van der Waals surface area contributed by atoms with Crippen molar-refractivity contribution in [2.75, 3.05) is 18.1 Å². The maximum Gasteiger partial charge on any atom is 0.315 e. The standard InChI is InChI=1S/C10H20O2S2/c11-10(9-14)12-7-5-3-1-2-4-6-8-13/h13-14H,1-9H2. The van der Waals surface area contributed by atoms with E-state index in [1.54, 1.807) is 0 Å². The first kappa shape index (κ1) is 14.2. The fourth-order valence-electron chi connectivity index (χ4n) is 1.15. The van der Waals surface area contributed by atoms with Crippen LogP contribution in [0.15, 0.2) is 0 Å². The molecule has 0 saturated carbocycles. The third-order valence-corrected chi connectivity index (χ3v) is 2.52. The molecule has 0 fully saturated rings. The lowest BCUT2D eigenvalue weighted by Gasteiger charge is -2.02. The van der Waals surface area contributed by atoms with E-state index in [1.807, 2.05) is 0 Å². The zero-order valence-electron chi connectivity index (χ0n) is 8.57. The van der Waals surface area contributed by atoms with Crippen LogP contribution < -0.4 is 0 Å². The molecule has 0 aliphatic rings. The highest BCUT2D eigenvalue weighted by atomic mass is 32.1. The van der Waals surface area contributed by atoms with E-state index < -0.39 is 0 Å². The van der Waals surface area contributed by atoms with E-state index >= 15 is 0 Å². The van der Waals surface area contributed by atoms with E-state index in [9.17, 15) is 4.79 Å². The van der Waals surface area contributed by atoms with Gasteiger partial charge >= 0.3 is 5.97 Å². The maximum atomic E-state index is 10.7. The first-order chi connectivity index (χ1) is 6.81. The van der Waals surface area contributed by atoms with Crippen LogP contribution in [0.1, 0.15) is 38.5 Å². The van der Waals surface area contributed by atoms with E-state index in [0.29, 0.717) is 6.61 Å². The van der Waals surface area contributed by atoms with E-state index in [4.69, 9.17) is 4.74 Å². The Balaban J connectivity index is 2.95. The average Bonchev–Trinajstić information content (AvgIpc) is 2.21. The van der Waals surface area contributed by atoms with Crippen molar-refractivity contribution in [3.05, 3.63) is 0 Å². The predicted molar refractivity (Wildman–Crippen MR) is 66.4 cm³/mol. The molecule has 2 nitrogen and oxygen atoms in total. The highest BCUT2D eigenvalue weighted by Gasteiger charge is 1.97. The molecular weight excluding hydrogens is 216 g/mol. The molecule has 84 valence electrons. The number of carbonyl (C=O) groups is 1. The van der Waals surface area contributed by atoms with Crippen LogP contribution in [0.25, 0.3) is 0 Å². The lowest BCUT2D eigenvalue weighted by molar-refractivity contribution is -0.140. The van der Waals surface area contributed by atoms with Gasteiger partial charge in [-0.15, -0.1) is 0 Å².